The predicted octanol–water partition coefficient (Wildman–Crippen LogP) is 1.98. The van der Waals surface area contributed by atoms with Crippen molar-refractivity contribution in [2.45, 2.75) is 34.8 Å². The van der Waals surface area contributed by atoms with E-state index in [9.17, 15) is 0 Å². The number of nitrogens with zero attached hydrogens (tertiary/aromatic N) is 4. The molecule has 0 saturated heterocycles. The van der Waals surface area contributed by atoms with Crippen molar-refractivity contribution in [3.05, 3.63) is 5.01 Å². The summed E-state index contributed by atoms with van der Waals surface area (Å²) in [5, 5.41) is 18.6. The van der Waals surface area contributed by atoms with Crippen LogP contribution in [0.1, 0.15) is 30.2 Å². The van der Waals surface area contributed by atoms with Gasteiger partial charge in [0, 0.05) is 11.2 Å². The number of anilines is 2. The van der Waals surface area contributed by atoms with E-state index < -0.39 is 0 Å². The lowest BCUT2D eigenvalue weighted by molar-refractivity contribution is 0.706. The molecule has 0 amide bonds. The van der Waals surface area contributed by atoms with Crippen molar-refractivity contribution >= 4 is 44.7 Å². The first-order chi connectivity index (χ1) is 8.70. The van der Waals surface area contributed by atoms with E-state index in [0.29, 0.717) is 21.4 Å². The van der Waals surface area contributed by atoms with Gasteiger partial charge in [-0.1, -0.05) is 34.4 Å². The Morgan fingerprint density at radius 3 is 2.44 bits per heavy atom. The number of thioether (sulfide) groups is 1. The normalized spacial score (nSPS) is 23.6. The first-order valence-corrected chi connectivity index (χ1v) is 8.06. The minimum atomic E-state index is 0.488. The molecule has 1 saturated carbocycles. The van der Waals surface area contributed by atoms with Crippen LogP contribution in [0.15, 0.2) is 4.34 Å². The maximum Gasteiger partial charge on any atom is 0.203 e. The summed E-state index contributed by atoms with van der Waals surface area (Å²) in [5.41, 5.74) is 11.2. The Morgan fingerprint density at radius 2 is 1.78 bits per heavy atom. The number of rotatable bonds is 3. The van der Waals surface area contributed by atoms with Crippen molar-refractivity contribution in [1.29, 1.82) is 0 Å². The topological polar surface area (TPSA) is 104 Å². The van der Waals surface area contributed by atoms with Gasteiger partial charge in [0.05, 0.1) is 0 Å². The number of nitrogens with two attached hydrogens (primary N) is 2. The van der Waals surface area contributed by atoms with Gasteiger partial charge in [-0.2, -0.15) is 0 Å². The van der Waals surface area contributed by atoms with Gasteiger partial charge in [0.25, 0.3) is 0 Å². The van der Waals surface area contributed by atoms with E-state index in [-0.39, 0.29) is 0 Å². The third-order valence-electron chi connectivity index (χ3n) is 2.88. The van der Waals surface area contributed by atoms with Gasteiger partial charge in [-0.15, -0.1) is 20.4 Å². The van der Waals surface area contributed by atoms with Crippen LogP contribution in [0.2, 0.25) is 0 Å². The van der Waals surface area contributed by atoms with E-state index in [0.717, 1.165) is 28.6 Å². The zero-order valence-electron chi connectivity index (χ0n) is 9.44. The molecule has 3 rings (SSSR count). The summed E-state index contributed by atoms with van der Waals surface area (Å²) < 4.78 is 0.954. The molecule has 1 aliphatic carbocycles. The van der Waals surface area contributed by atoms with Crippen LogP contribution in [0.4, 0.5) is 10.3 Å². The molecule has 1 aliphatic rings. The molecule has 2 unspecified atom stereocenters. The van der Waals surface area contributed by atoms with Crippen molar-refractivity contribution in [2.24, 2.45) is 0 Å². The fourth-order valence-electron chi connectivity index (χ4n) is 2.09. The van der Waals surface area contributed by atoms with Crippen LogP contribution in [-0.4, -0.2) is 25.6 Å². The van der Waals surface area contributed by atoms with Gasteiger partial charge in [0.2, 0.25) is 10.3 Å². The third-order valence-corrected chi connectivity index (χ3v) is 5.92. The SMILES string of the molecule is Nc1nnc(SC2CCC(c3nnc(N)s3)C2)s1. The standard InChI is InChI=1S/C9H12N6S3/c10-7-13-12-6(17-7)4-1-2-5(3-4)16-9-15-14-8(11)18-9/h4-5H,1-3H2,(H2,10,13)(H2,11,14). The molecular weight excluding hydrogens is 288 g/mol. The highest BCUT2D eigenvalue weighted by Crippen LogP contribution is 2.44. The van der Waals surface area contributed by atoms with Gasteiger partial charge in [-0.3, -0.25) is 0 Å². The van der Waals surface area contributed by atoms with Crippen LogP contribution in [-0.2, 0) is 0 Å². The zero-order chi connectivity index (χ0) is 12.5. The Kier molecular flexibility index (Phi) is 3.35. The van der Waals surface area contributed by atoms with E-state index in [1.54, 1.807) is 11.8 Å². The Balaban J connectivity index is 1.61. The number of aromatic nitrogens is 4. The third kappa shape index (κ3) is 2.57. The number of hydrogen-bond donors (Lipinski definition) is 2. The van der Waals surface area contributed by atoms with Gasteiger partial charge < -0.3 is 11.5 Å². The van der Waals surface area contributed by atoms with E-state index >= 15 is 0 Å². The van der Waals surface area contributed by atoms with Crippen molar-refractivity contribution in [3.8, 4) is 0 Å². The molecule has 2 aromatic rings. The van der Waals surface area contributed by atoms with Crippen LogP contribution in [0.25, 0.3) is 0 Å². The fourth-order valence-corrected chi connectivity index (χ4v) is 5.01. The molecule has 1 fully saturated rings. The molecule has 4 N–H and O–H groups in total. The Hall–Kier alpha value is -0.930. The Labute approximate surface area is 116 Å². The minimum Gasteiger partial charge on any atom is -0.374 e. The monoisotopic (exact) mass is 300 g/mol. The summed E-state index contributed by atoms with van der Waals surface area (Å²) in [4.78, 5) is 0. The lowest BCUT2D eigenvalue weighted by Gasteiger charge is -2.06. The molecular formula is C9H12N6S3. The maximum absolute atomic E-state index is 5.62. The van der Waals surface area contributed by atoms with Gasteiger partial charge in [0.15, 0.2) is 4.34 Å². The van der Waals surface area contributed by atoms with E-state index in [1.165, 1.54) is 22.7 Å². The second-order valence-corrected chi connectivity index (χ2v) is 7.73. The molecule has 0 spiro atoms. The maximum atomic E-state index is 5.62. The van der Waals surface area contributed by atoms with Crippen molar-refractivity contribution < 1.29 is 0 Å². The molecule has 2 atom stereocenters. The quantitative estimate of drug-likeness (QED) is 0.893. The summed E-state index contributed by atoms with van der Waals surface area (Å²) in [6.07, 6.45) is 3.40. The molecule has 2 heterocycles. The molecule has 2 aromatic heterocycles. The molecule has 0 aromatic carbocycles. The minimum absolute atomic E-state index is 0.488. The smallest absolute Gasteiger partial charge is 0.203 e. The van der Waals surface area contributed by atoms with Crippen LogP contribution in [0, 0.1) is 0 Å². The van der Waals surface area contributed by atoms with Crippen LogP contribution >= 0.6 is 34.4 Å². The second-order valence-electron chi connectivity index (χ2n) is 4.13. The summed E-state index contributed by atoms with van der Waals surface area (Å²) in [6.45, 7) is 0. The summed E-state index contributed by atoms with van der Waals surface area (Å²) >= 11 is 4.71. The average Bonchev–Trinajstić information content (AvgIpc) is 3.01. The predicted molar refractivity (Wildman–Crippen MR) is 74.9 cm³/mol. The largest absolute Gasteiger partial charge is 0.374 e. The zero-order valence-corrected chi connectivity index (χ0v) is 11.9. The second kappa shape index (κ2) is 4.98. The van der Waals surface area contributed by atoms with Gasteiger partial charge in [0.1, 0.15) is 5.01 Å². The Morgan fingerprint density at radius 1 is 1.00 bits per heavy atom. The van der Waals surface area contributed by atoms with Crippen molar-refractivity contribution in [2.75, 3.05) is 11.5 Å². The molecule has 9 heteroatoms. The number of hydrogen-bond acceptors (Lipinski definition) is 9. The first-order valence-electron chi connectivity index (χ1n) is 5.55. The van der Waals surface area contributed by atoms with Crippen molar-refractivity contribution in [1.82, 2.24) is 20.4 Å². The molecule has 0 radical (unpaired) electrons. The molecule has 18 heavy (non-hydrogen) atoms. The van der Waals surface area contributed by atoms with Crippen molar-refractivity contribution in [3.63, 3.8) is 0 Å². The summed E-state index contributed by atoms with van der Waals surface area (Å²) in [5.74, 6) is 0.488. The number of nitrogen functional groups attached to an aromatic ring is 2. The van der Waals surface area contributed by atoms with Crippen LogP contribution in [0.3, 0.4) is 0 Å². The molecule has 0 bridgehead atoms. The Bertz CT molecular complexity index is 538. The summed E-state index contributed by atoms with van der Waals surface area (Å²) in [6, 6.07) is 0. The van der Waals surface area contributed by atoms with Gasteiger partial charge in [-0.05, 0) is 19.3 Å². The highest BCUT2D eigenvalue weighted by molar-refractivity contribution is 8.01. The van der Waals surface area contributed by atoms with E-state index in [2.05, 4.69) is 20.4 Å². The van der Waals surface area contributed by atoms with Gasteiger partial charge >= 0.3 is 0 Å². The lowest BCUT2D eigenvalue weighted by atomic mass is 10.1. The van der Waals surface area contributed by atoms with E-state index in [1.807, 2.05) is 0 Å². The highest BCUT2D eigenvalue weighted by atomic mass is 32.2. The van der Waals surface area contributed by atoms with Gasteiger partial charge in [-0.25, -0.2) is 0 Å². The highest BCUT2D eigenvalue weighted by Gasteiger charge is 2.29. The van der Waals surface area contributed by atoms with Crippen LogP contribution in [0.5, 0.6) is 0 Å². The molecule has 96 valence electrons. The molecule has 0 aliphatic heterocycles. The summed E-state index contributed by atoms with van der Waals surface area (Å²) in [7, 11) is 0. The van der Waals surface area contributed by atoms with Crippen LogP contribution < -0.4 is 11.5 Å². The fraction of sp³-hybridized carbons (Fsp3) is 0.556. The lowest BCUT2D eigenvalue weighted by Crippen LogP contribution is -1.97. The molecule has 6 nitrogen and oxygen atoms in total. The average molecular weight is 300 g/mol. The van der Waals surface area contributed by atoms with E-state index in [4.69, 9.17) is 11.5 Å². The first kappa shape index (κ1) is 12.1.